The summed E-state index contributed by atoms with van der Waals surface area (Å²) in [6, 6.07) is 27.5. The number of hydrogen-bond donors (Lipinski definition) is 1. The van der Waals surface area contributed by atoms with Crippen LogP contribution in [0.4, 0.5) is 0 Å². The average Bonchev–Trinajstić information content (AvgIpc) is 3.32. The van der Waals surface area contributed by atoms with Gasteiger partial charge in [0.2, 0.25) is 0 Å². The minimum Gasteiger partial charge on any atom is -0.366 e. The Kier molecular flexibility index (Phi) is 13.6. The fourth-order valence-corrected chi connectivity index (χ4v) is 3.97. The molecule has 3 aromatic carbocycles. The fraction of sp³-hybridized carbons (Fsp3) is 0.216. The first kappa shape index (κ1) is 31.7. The van der Waals surface area contributed by atoms with Crippen LogP contribution in [0.1, 0.15) is 52.9 Å². The molecule has 1 aromatic heterocycles. The number of nitrogens with zero attached hydrogens (tertiary/aromatic N) is 2. The molecule has 40 heavy (non-hydrogen) atoms. The smallest absolute Gasteiger partial charge is 0.124 e. The van der Waals surface area contributed by atoms with E-state index in [1.807, 2.05) is 42.1 Å². The highest BCUT2D eigenvalue weighted by molar-refractivity contribution is 5.52. The SMILES string of the molecule is C#C.C=C(C)/C=C/c1ccccc1.CCc1cccc(CN/C(=C/Cc2ccccc2C)n2ncc(C)c2C)c1. The van der Waals surface area contributed by atoms with Crippen LogP contribution in [0.3, 0.4) is 0 Å². The molecule has 4 aromatic rings. The predicted octanol–water partition coefficient (Wildman–Crippen LogP) is 8.73. The molecule has 0 saturated heterocycles. The molecular formula is C37H43N3. The zero-order chi connectivity index (χ0) is 29.3. The summed E-state index contributed by atoms with van der Waals surface area (Å²) < 4.78 is 2.01. The van der Waals surface area contributed by atoms with Crippen molar-refractivity contribution in [3.05, 3.63) is 148 Å². The number of hydrogen-bond acceptors (Lipinski definition) is 2. The first-order valence-corrected chi connectivity index (χ1v) is 13.7. The van der Waals surface area contributed by atoms with E-state index in [0.717, 1.165) is 30.8 Å². The van der Waals surface area contributed by atoms with Crippen LogP contribution < -0.4 is 5.32 Å². The summed E-state index contributed by atoms with van der Waals surface area (Å²) >= 11 is 0. The van der Waals surface area contributed by atoms with Gasteiger partial charge in [-0.15, -0.1) is 12.8 Å². The van der Waals surface area contributed by atoms with Gasteiger partial charge < -0.3 is 5.32 Å². The lowest BCUT2D eigenvalue weighted by Crippen LogP contribution is -2.19. The number of aryl methyl sites for hydroxylation is 3. The van der Waals surface area contributed by atoms with E-state index in [-0.39, 0.29) is 0 Å². The second-order valence-electron chi connectivity index (χ2n) is 9.66. The minimum absolute atomic E-state index is 0.784. The minimum atomic E-state index is 0.784. The molecule has 0 radical (unpaired) electrons. The second-order valence-corrected chi connectivity index (χ2v) is 9.66. The molecule has 3 nitrogen and oxygen atoms in total. The number of nitrogens with one attached hydrogen (secondary N) is 1. The summed E-state index contributed by atoms with van der Waals surface area (Å²) in [7, 11) is 0. The Hall–Kier alpha value is -4.55. The average molecular weight is 530 g/mol. The summed E-state index contributed by atoms with van der Waals surface area (Å²) in [4.78, 5) is 0. The van der Waals surface area contributed by atoms with Gasteiger partial charge in [-0.3, -0.25) is 0 Å². The van der Waals surface area contributed by atoms with E-state index in [9.17, 15) is 0 Å². The van der Waals surface area contributed by atoms with Gasteiger partial charge in [0.15, 0.2) is 0 Å². The lowest BCUT2D eigenvalue weighted by Gasteiger charge is -2.14. The Labute approximate surface area is 242 Å². The third-order valence-corrected chi connectivity index (χ3v) is 6.49. The molecule has 0 bridgehead atoms. The van der Waals surface area contributed by atoms with E-state index in [4.69, 9.17) is 0 Å². The van der Waals surface area contributed by atoms with E-state index in [1.54, 1.807) is 0 Å². The second kappa shape index (κ2) is 17.1. The molecule has 0 aliphatic heterocycles. The van der Waals surface area contributed by atoms with Crippen molar-refractivity contribution in [2.24, 2.45) is 0 Å². The first-order valence-electron chi connectivity index (χ1n) is 13.7. The molecule has 0 aliphatic rings. The topological polar surface area (TPSA) is 29.9 Å². The van der Waals surface area contributed by atoms with Crippen molar-refractivity contribution in [1.29, 1.82) is 0 Å². The molecule has 0 saturated carbocycles. The van der Waals surface area contributed by atoms with Gasteiger partial charge in [-0.05, 0) is 80.0 Å². The molecule has 0 spiro atoms. The number of rotatable bonds is 9. The molecule has 1 heterocycles. The van der Waals surface area contributed by atoms with Gasteiger partial charge in [-0.1, -0.05) is 110 Å². The largest absolute Gasteiger partial charge is 0.366 e. The van der Waals surface area contributed by atoms with Crippen molar-refractivity contribution < 1.29 is 0 Å². The standard InChI is InChI=1S/C24H29N3.C11H12.C2H2/c1-5-21-10-8-11-22(15-21)17-25-24(27-20(4)19(3)16-26-27)14-13-23-12-7-6-9-18(23)2;1-10(2)8-9-11-6-4-3-5-7-11;1-2/h6-12,14-16,25H,5,13,17H2,1-4H3;3-9H,1H2,2H3;1-2H/b24-14-;9-8+;. The fourth-order valence-electron chi connectivity index (χ4n) is 3.97. The maximum absolute atomic E-state index is 4.58. The van der Waals surface area contributed by atoms with Crippen molar-refractivity contribution in [2.75, 3.05) is 0 Å². The third-order valence-electron chi connectivity index (χ3n) is 6.49. The zero-order valence-corrected chi connectivity index (χ0v) is 24.7. The molecule has 3 heteroatoms. The Bertz CT molecular complexity index is 1420. The summed E-state index contributed by atoms with van der Waals surface area (Å²) in [6.45, 7) is 15.1. The van der Waals surface area contributed by atoms with Crippen LogP contribution in [0.5, 0.6) is 0 Å². The number of aromatic nitrogens is 2. The summed E-state index contributed by atoms with van der Waals surface area (Å²) in [6.07, 6.45) is 18.2. The van der Waals surface area contributed by atoms with Crippen LogP contribution >= 0.6 is 0 Å². The Morgan fingerprint density at radius 3 is 2.20 bits per heavy atom. The van der Waals surface area contributed by atoms with E-state index in [0.29, 0.717) is 0 Å². The van der Waals surface area contributed by atoms with E-state index in [1.165, 1.54) is 39.1 Å². The number of allylic oxidation sites excluding steroid dienone is 3. The maximum Gasteiger partial charge on any atom is 0.124 e. The van der Waals surface area contributed by atoms with Gasteiger partial charge in [0.25, 0.3) is 0 Å². The van der Waals surface area contributed by atoms with Crippen LogP contribution in [-0.4, -0.2) is 9.78 Å². The van der Waals surface area contributed by atoms with Gasteiger partial charge in [-0.2, -0.15) is 5.10 Å². The van der Waals surface area contributed by atoms with Crippen molar-refractivity contribution in [3.8, 4) is 12.8 Å². The highest BCUT2D eigenvalue weighted by Crippen LogP contribution is 2.15. The lowest BCUT2D eigenvalue weighted by molar-refractivity contribution is 0.751. The van der Waals surface area contributed by atoms with Crippen LogP contribution in [0, 0.1) is 33.6 Å². The van der Waals surface area contributed by atoms with Crippen LogP contribution in [0.2, 0.25) is 0 Å². The normalized spacial score (nSPS) is 10.7. The van der Waals surface area contributed by atoms with Gasteiger partial charge in [-0.25, -0.2) is 4.68 Å². The lowest BCUT2D eigenvalue weighted by atomic mass is 10.1. The van der Waals surface area contributed by atoms with Crippen LogP contribution in [0.15, 0.2) is 109 Å². The highest BCUT2D eigenvalue weighted by atomic mass is 15.3. The Balaban J connectivity index is 0.000000360. The quantitative estimate of drug-likeness (QED) is 0.174. The van der Waals surface area contributed by atoms with Crippen LogP contribution in [0.25, 0.3) is 11.9 Å². The molecule has 1 N–H and O–H groups in total. The van der Waals surface area contributed by atoms with Crippen molar-refractivity contribution >= 4 is 11.9 Å². The summed E-state index contributed by atoms with van der Waals surface area (Å²) in [5, 5.41) is 8.19. The molecule has 0 unspecified atom stereocenters. The van der Waals surface area contributed by atoms with Gasteiger partial charge in [0.05, 0.1) is 6.20 Å². The number of benzene rings is 3. The predicted molar refractivity (Wildman–Crippen MR) is 174 cm³/mol. The molecule has 0 aliphatic carbocycles. The summed E-state index contributed by atoms with van der Waals surface area (Å²) in [5.41, 5.74) is 9.98. The van der Waals surface area contributed by atoms with Crippen LogP contribution in [-0.2, 0) is 19.4 Å². The molecule has 0 amide bonds. The summed E-state index contributed by atoms with van der Waals surface area (Å²) in [5.74, 6) is 1.03. The highest BCUT2D eigenvalue weighted by Gasteiger charge is 2.08. The number of terminal acetylenes is 1. The van der Waals surface area contributed by atoms with Crippen molar-refractivity contribution in [2.45, 2.75) is 54.0 Å². The van der Waals surface area contributed by atoms with E-state index < -0.39 is 0 Å². The van der Waals surface area contributed by atoms with Gasteiger partial charge >= 0.3 is 0 Å². The van der Waals surface area contributed by atoms with Gasteiger partial charge in [0.1, 0.15) is 5.82 Å². The molecular weight excluding hydrogens is 486 g/mol. The Morgan fingerprint density at radius 2 is 1.57 bits per heavy atom. The van der Waals surface area contributed by atoms with Crippen molar-refractivity contribution in [1.82, 2.24) is 15.1 Å². The third kappa shape index (κ3) is 10.3. The molecule has 0 fully saturated rings. The maximum atomic E-state index is 4.58. The Morgan fingerprint density at radius 1 is 0.900 bits per heavy atom. The van der Waals surface area contributed by atoms with E-state index in [2.05, 4.69) is 130 Å². The van der Waals surface area contributed by atoms with Crippen molar-refractivity contribution in [3.63, 3.8) is 0 Å². The zero-order valence-electron chi connectivity index (χ0n) is 24.7. The van der Waals surface area contributed by atoms with Gasteiger partial charge in [0, 0.05) is 12.2 Å². The first-order chi connectivity index (χ1) is 19.4. The molecule has 0 atom stereocenters. The molecule has 4 rings (SSSR count). The monoisotopic (exact) mass is 529 g/mol. The molecule has 206 valence electrons. The van der Waals surface area contributed by atoms with E-state index >= 15 is 0 Å².